The molecule has 2 amide bonds. The molecular weight excluding hydrogens is 492 g/mol. The van der Waals surface area contributed by atoms with E-state index >= 15 is 0 Å². The lowest BCUT2D eigenvalue weighted by atomic mass is 9.79. The Labute approximate surface area is 228 Å². The summed E-state index contributed by atoms with van der Waals surface area (Å²) in [4.78, 5) is 39.7. The molecule has 2 heterocycles. The first-order chi connectivity index (χ1) is 18.9. The van der Waals surface area contributed by atoms with Gasteiger partial charge in [-0.25, -0.2) is 0 Å². The molecule has 1 N–H and O–H groups in total. The number of ether oxygens (including phenoxy) is 1. The fourth-order valence-electron chi connectivity index (χ4n) is 5.82. The van der Waals surface area contributed by atoms with E-state index < -0.39 is 5.91 Å². The predicted molar refractivity (Wildman–Crippen MR) is 151 cm³/mol. The van der Waals surface area contributed by atoms with Crippen LogP contribution in [-0.4, -0.2) is 36.4 Å². The van der Waals surface area contributed by atoms with Crippen LogP contribution in [0.1, 0.15) is 79.5 Å². The van der Waals surface area contributed by atoms with Gasteiger partial charge in [0.05, 0.1) is 12.5 Å². The van der Waals surface area contributed by atoms with Crippen LogP contribution in [0.25, 0.3) is 11.0 Å². The number of hydrogen-bond donors (Lipinski definition) is 1. The SMILES string of the molecule is COc1ccc2c(=O)cc(C(=O)NC(C)C=C3CCC(c4ccccc4CN4CCCCC4=O)CC3)oc2c1. The minimum Gasteiger partial charge on any atom is -0.497 e. The number of allylic oxidation sites excluding steroid dienone is 1. The Kier molecular flexibility index (Phi) is 8.15. The predicted octanol–water partition coefficient (Wildman–Crippen LogP) is 5.72. The Hall–Kier alpha value is -3.87. The van der Waals surface area contributed by atoms with E-state index in [1.165, 1.54) is 29.9 Å². The van der Waals surface area contributed by atoms with Crippen LogP contribution >= 0.6 is 0 Å². The highest BCUT2D eigenvalue weighted by molar-refractivity contribution is 5.93. The summed E-state index contributed by atoms with van der Waals surface area (Å²) in [5, 5.41) is 3.35. The summed E-state index contributed by atoms with van der Waals surface area (Å²) >= 11 is 0. The molecular formula is C32H36N2O5. The first-order valence-electron chi connectivity index (χ1n) is 13.9. The van der Waals surface area contributed by atoms with E-state index in [2.05, 4.69) is 35.7 Å². The number of nitrogens with zero attached hydrogens (tertiary/aromatic N) is 1. The molecule has 1 aliphatic carbocycles. The fourth-order valence-corrected chi connectivity index (χ4v) is 5.82. The maximum atomic E-state index is 12.9. The molecule has 1 aliphatic heterocycles. The zero-order chi connectivity index (χ0) is 27.4. The van der Waals surface area contributed by atoms with Gasteiger partial charge in [-0.1, -0.05) is 35.9 Å². The highest BCUT2D eigenvalue weighted by Gasteiger charge is 2.24. The van der Waals surface area contributed by atoms with Gasteiger partial charge in [0.25, 0.3) is 5.91 Å². The van der Waals surface area contributed by atoms with E-state index in [4.69, 9.17) is 9.15 Å². The Bertz CT molecular complexity index is 1450. The van der Waals surface area contributed by atoms with Crippen LogP contribution in [0.5, 0.6) is 5.75 Å². The van der Waals surface area contributed by atoms with E-state index in [1.54, 1.807) is 18.2 Å². The topological polar surface area (TPSA) is 88.9 Å². The largest absolute Gasteiger partial charge is 0.497 e. The second-order valence-electron chi connectivity index (χ2n) is 10.7. The zero-order valence-electron chi connectivity index (χ0n) is 22.7. The van der Waals surface area contributed by atoms with Gasteiger partial charge in [-0.2, -0.15) is 0 Å². The summed E-state index contributed by atoms with van der Waals surface area (Å²) in [6.07, 6.45) is 8.88. The summed E-state index contributed by atoms with van der Waals surface area (Å²) in [7, 11) is 1.54. The van der Waals surface area contributed by atoms with Crippen molar-refractivity contribution in [2.75, 3.05) is 13.7 Å². The van der Waals surface area contributed by atoms with Crippen LogP contribution in [-0.2, 0) is 11.3 Å². The molecule has 1 atom stereocenters. The van der Waals surface area contributed by atoms with Gasteiger partial charge in [0, 0.05) is 37.7 Å². The van der Waals surface area contributed by atoms with E-state index in [1.807, 2.05) is 11.8 Å². The average molecular weight is 529 g/mol. The highest BCUT2D eigenvalue weighted by atomic mass is 16.5. The van der Waals surface area contributed by atoms with Gasteiger partial charge in [-0.15, -0.1) is 0 Å². The lowest BCUT2D eigenvalue weighted by Gasteiger charge is -2.30. The maximum absolute atomic E-state index is 12.9. The standard InChI is InChI=1S/C32H36N2O5/c1-21(33-32(37)30-19-28(35)27-15-14-25(38-2)18-29(27)39-30)17-22-10-12-23(13-11-22)26-8-4-3-7-24(26)20-34-16-6-5-9-31(34)36/h3-4,7-8,14-15,17-19,21,23H,5-6,9-13,16,20H2,1-2H3,(H,33,37). The Morgan fingerprint density at radius 3 is 2.67 bits per heavy atom. The van der Waals surface area contributed by atoms with Gasteiger partial charge in [0.15, 0.2) is 11.2 Å². The molecule has 7 heteroatoms. The van der Waals surface area contributed by atoms with Gasteiger partial charge in [-0.3, -0.25) is 14.4 Å². The number of carbonyl (C=O) groups excluding carboxylic acids is 2. The van der Waals surface area contributed by atoms with Crippen LogP contribution in [0, 0.1) is 0 Å². The number of carbonyl (C=O) groups is 2. The van der Waals surface area contributed by atoms with Crippen molar-refractivity contribution >= 4 is 22.8 Å². The summed E-state index contributed by atoms with van der Waals surface area (Å²) in [6, 6.07) is 14.5. The molecule has 2 fully saturated rings. The van der Waals surface area contributed by atoms with Crippen molar-refractivity contribution in [1.82, 2.24) is 10.2 Å². The Balaban J connectivity index is 1.21. The van der Waals surface area contributed by atoms with E-state index in [0.29, 0.717) is 35.6 Å². The number of piperidine rings is 1. The molecule has 2 aliphatic rings. The molecule has 0 bridgehead atoms. The van der Waals surface area contributed by atoms with Gasteiger partial charge in [-0.05, 0) is 74.6 Å². The smallest absolute Gasteiger partial charge is 0.287 e. The quantitative estimate of drug-likeness (QED) is 0.397. The molecule has 204 valence electrons. The van der Waals surface area contributed by atoms with E-state index in [0.717, 1.165) is 45.1 Å². The molecule has 1 unspecified atom stereocenters. The van der Waals surface area contributed by atoms with Gasteiger partial charge in [0.2, 0.25) is 5.91 Å². The molecule has 5 rings (SSSR count). The number of fused-ring (bicyclic) bond motifs is 1. The molecule has 2 aromatic carbocycles. The van der Waals surface area contributed by atoms with Crippen molar-refractivity contribution in [3.8, 4) is 5.75 Å². The molecule has 1 saturated carbocycles. The van der Waals surface area contributed by atoms with Crippen LogP contribution < -0.4 is 15.5 Å². The van der Waals surface area contributed by atoms with Gasteiger partial charge in [0.1, 0.15) is 11.3 Å². The van der Waals surface area contributed by atoms with Crippen molar-refractivity contribution in [2.45, 2.75) is 70.4 Å². The minimum atomic E-state index is -0.420. The number of likely N-dealkylation sites (tertiary alicyclic amines) is 1. The zero-order valence-corrected chi connectivity index (χ0v) is 22.7. The second kappa shape index (κ2) is 11.9. The molecule has 1 saturated heterocycles. The number of hydrogen-bond acceptors (Lipinski definition) is 5. The average Bonchev–Trinajstić information content (AvgIpc) is 2.94. The van der Waals surface area contributed by atoms with Crippen molar-refractivity contribution in [3.05, 3.63) is 87.3 Å². The lowest BCUT2D eigenvalue weighted by Crippen LogP contribution is -2.35. The number of benzene rings is 2. The molecule has 0 spiro atoms. The third-order valence-electron chi connectivity index (χ3n) is 7.91. The minimum absolute atomic E-state index is 0.0153. The Morgan fingerprint density at radius 1 is 1.10 bits per heavy atom. The van der Waals surface area contributed by atoms with Crippen LogP contribution in [0.3, 0.4) is 0 Å². The van der Waals surface area contributed by atoms with Crippen molar-refractivity contribution in [2.24, 2.45) is 0 Å². The molecule has 0 radical (unpaired) electrons. The van der Waals surface area contributed by atoms with Crippen molar-refractivity contribution < 1.29 is 18.7 Å². The third-order valence-corrected chi connectivity index (χ3v) is 7.91. The van der Waals surface area contributed by atoms with Crippen LogP contribution in [0.15, 0.2) is 69.4 Å². The first kappa shape index (κ1) is 26.7. The summed E-state index contributed by atoms with van der Waals surface area (Å²) in [6.45, 7) is 3.49. The van der Waals surface area contributed by atoms with E-state index in [-0.39, 0.29) is 23.1 Å². The third kappa shape index (κ3) is 6.24. The van der Waals surface area contributed by atoms with Crippen molar-refractivity contribution in [1.29, 1.82) is 0 Å². The fraction of sp³-hybridized carbons (Fsp3) is 0.406. The van der Waals surface area contributed by atoms with Gasteiger partial charge >= 0.3 is 0 Å². The van der Waals surface area contributed by atoms with Crippen molar-refractivity contribution in [3.63, 3.8) is 0 Å². The first-order valence-corrected chi connectivity index (χ1v) is 13.9. The van der Waals surface area contributed by atoms with Crippen LogP contribution in [0.2, 0.25) is 0 Å². The van der Waals surface area contributed by atoms with Crippen LogP contribution in [0.4, 0.5) is 0 Å². The molecule has 7 nitrogen and oxygen atoms in total. The summed E-state index contributed by atoms with van der Waals surface area (Å²) < 4.78 is 10.9. The lowest BCUT2D eigenvalue weighted by molar-refractivity contribution is -0.133. The highest BCUT2D eigenvalue weighted by Crippen LogP contribution is 2.37. The molecule has 3 aromatic rings. The summed E-state index contributed by atoms with van der Waals surface area (Å²) in [5.74, 6) is 0.852. The maximum Gasteiger partial charge on any atom is 0.287 e. The van der Waals surface area contributed by atoms with E-state index in [9.17, 15) is 14.4 Å². The number of rotatable bonds is 7. The Morgan fingerprint density at radius 2 is 1.90 bits per heavy atom. The number of methoxy groups -OCH3 is 1. The number of nitrogens with one attached hydrogen (secondary N) is 1. The normalized spacial score (nSPS) is 18.6. The molecule has 1 aromatic heterocycles. The summed E-state index contributed by atoms with van der Waals surface area (Å²) in [5.41, 5.74) is 4.01. The second-order valence-corrected chi connectivity index (χ2v) is 10.7. The van der Waals surface area contributed by atoms with Gasteiger partial charge < -0.3 is 19.4 Å². The molecule has 39 heavy (non-hydrogen) atoms. The monoisotopic (exact) mass is 528 g/mol. The number of amides is 2.